The van der Waals surface area contributed by atoms with Crippen LogP contribution < -0.4 is 10.6 Å². The summed E-state index contributed by atoms with van der Waals surface area (Å²) in [7, 11) is 1.66. The van der Waals surface area contributed by atoms with Gasteiger partial charge in [0.05, 0.1) is 6.54 Å². The molecule has 27 heavy (non-hydrogen) atoms. The van der Waals surface area contributed by atoms with Crippen molar-refractivity contribution in [2.45, 2.75) is 50.6 Å². The molecule has 1 aliphatic rings. The Morgan fingerprint density at radius 3 is 2.52 bits per heavy atom. The van der Waals surface area contributed by atoms with Gasteiger partial charge in [-0.15, -0.1) is 0 Å². The highest BCUT2D eigenvalue weighted by Gasteiger charge is 2.17. The molecule has 3 rings (SSSR count). The molecule has 1 heterocycles. The number of benzene rings is 1. The average molecular weight is 375 g/mol. The van der Waals surface area contributed by atoms with Gasteiger partial charge in [0.1, 0.15) is 6.04 Å². The van der Waals surface area contributed by atoms with Gasteiger partial charge in [-0.3, -0.25) is 9.59 Å². The van der Waals surface area contributed by atoms with Gasteiger partial charge in [0, 0.05) is 29.6 Å². The fourth-order valence-electron chi connectivity index (χ4n) is 3.37. The van der Waals surface area contributed by atoms with E-state index in [-0.39, 0.29) is 6.54 Å². The molecule has 5 N–H and O–H groups in total. The molecule has 1 aromatic carbocycles. The van der Waals surface area contributed by atoms with Crippen LogP contribution in [-0.4, -0.2) is 52.8 Å². The number of carboxylic acids is 2. The summed E-state index contributed by atoms with van der Waals surface area (Å²) in [5.74, 6) is -1.58. The molecular formula is C20H29N3O4. The SMILES string of the molecule is CN[C@@H](Cc1c[nH]c2ccccc12)C(=O)O.O=C(O)CNC1CCCCC1. The molecule has 0 spiro atoms. The van der Waals surface area contributed by atoms with Gasteiger partial charge in [0.2, 0.25) is 0 Å². The number of carbonyl (C=O) groups is 2. The van der Waals surface area contributed by atoms with E-state index in [9.17, 15) is 9.59 Å². The van der Waals surface area contributed by atoms with E-state index >= 15 is 0 Å². The molecule has 148 valence electrons. The number of H-pyrrole nitrogens is 1. The maximum Gasteiger partial charge on any atom is 0.321 e. The molecule has 1 aromatic heterocycles. The average Bonchev–Trinajstić information content (AvgIpc) is 3.08. The van der Waals surface area contributed by atoms with Crippen LogP contribution in [-0.2, 0) is 16.0 Å². The molecule has 7 heteroatoms. The number of carboxylic acid groups (broad SMARTS) is 2. The minimum atomic E-state index is -0.826. The lowest BCUT2D eigenvalue weighted by Crippen LogP contribution is -2.35. The van der Waals surface area contributed by atoms with Crippen LogP contribution in [0.4, 0.5) is 0 Å². The molecule has 0 bridgehead atoms. The van der Waals surface area contributed by atoms with E-state index in [4.69, 9.17) is 10.2 Å². The van der Waals surface area contributed by atoms with Gasteiger partial charge in [-0.1, -0.05) is 37.5 Å². The van der Waals surface area contributed by atoms with Gasteiger partial charge in [0.25, 0.3) is 0 Å². The van der Waals surface area contributed by atoms with Crippen molar-refractivity contribution in [2.24, 2.45) is 0 Å². The van der Waals surface area contributed by atoms with Crippen LogP contribution in [0.1, 0.15) is 37.7 Å². The topological polar surface area (TPSA) is 114 Å². The van der Waals surface area contributed by atoms with Crippen molar-refractivity contribution in [2.75, 3.05) is 13.6 Å². The highest BCUT2D eigenvalue weighted by Crippen LogP contribution is 2.19. The molecule has 2 aromatic rings. The normalized spacial score (nSPS) is 15.7. The zero-order chi connectivity index (χ0) is 19.6. The lowest BCUT2D eigenvalue weighted by molar-refractivity contribution is -0.139. The van der Waals surface area contributed by atoms with E-state index in [0.717, 1.165) is 29.3 Å². The minimum absolute atomic E-state index is 0.116. The zero-order valence-corrected chi connectivity index (χ0v) is 15.7. The van der Waals surface area contributed by atoms with Crippen molar-refractivity contribution in [1.82, 2.24) is 15.6 Å². The Hall–Kier alpha value is -2.38. The Morgan fingerprint density at radius 2 is 1.89 bits per heavy atom. The van der Waals surface area contributed by atoms with Crippen LogP contribution >= 0.6 is 0 Å². The van der Waals surface area contributed by atoms with E-state index in [2.05, 4.69) is 15.6 Å². The smallest absolute Gasteiger partial charge is 0.321 e. The van der Waals surface area contributed by atoms with E-state index in [1.54, 1.807) is 7.05 Å². The second-order valence-corrected chi connectivity index (χ2v) is 6.85. The first-order valence-corrected chi connectivity index (χ1v) is 9.41. The Bertz CT molecular complexity index is 738. The molecule has 0 aliphatic heterocycles. The van der Waals surface area contributed by atoms with E-state index < -0.39 is 18.0 Å². The highest BCUT2D eigenvalue weighted by molar-refractivity contribution is 5.84. The molecule has 0 saturated heterocycles. The van der Waals surface area contributed by atoms with Crippen LogP contribution in [0.2, 0.25) is 0 Å². The summed E-state index contributed by atoms with van der Waals surface area (Å²) in [4.78, 5) is 24.2. The third kappa shape index (κ3) is 6.69. The number of aromatic amines is 1. The van der Waals surface area contributed by atoms with Crippen LogP contribution in [0.3, 0.4) is 0 Å². The quantitative estimate of drug-likeness (QED) is 0.508. The Labute approximate surface area is 159 Å². The number of para-hydroxylation sites is 1. The molecule has 7 nitrogen and oxygen atoms in total. The van der Waals surface area contributed by atoms with Gasteiger partial charge >= 0.3 is 11.9 Å². The number of aromatic nitrogens is 1. The molecule has 0 radical (unpaired) electrons. The van der Waals surface area contributed by atoms with Crippen LogP contribution in [0.5, 0.6) is 0 Å². The van der Waals surface area contributed by atoms with Crippen molar-refractivity contribution in [3.05, 3.63) is 36.0 Å². The van der Waals surface area contributed by atoms with Crippen LogP contribution in [0.15, 0.2) is 30.5 Å². The number of likely N-dealkylation sites (N-methyl/N-ethyl adjacent to an activating group) is 1. The van der Waals surface area contributed by atoms with E-state index in [0.29, 0.717) is 12.5 Å². The first kappa shape index (κ1) is 20.9. The Kier molecular flexibility index (Phi) is 8.29. The fraction of sp³-hybridized carbons (Fsp3) is 0.500. The van der Waals surface area contributed by atoms with Crippen molar-refractivity contribution in [1.29, 1.82) is 0 Å². The zero-order valence-electron chi connectivity index (χ0n) is 15.7. The summed E-state index contributed by atoms with van der Waals surface area (Å²) in [6, 6.07) is 7.80. The highest BCUT2D eigenvalue weighted by atomic mass is 16.4. The van der Waals surface area contributed by atoms with Gasteiger partial charge < -0.3 is 25.8 Å². The largest absolute Gasteiger partial charge is 0.480 e. The molecule has 0 unspecified atom stereocenters. The van der Waals surface area contributed by atoms with Crippen LogP contribution in [0, 0.1) is 0 Å². The number of aliphatic carboxylic acids is 2. The monoisotopic (exact) mass is 375 g/mol. The first-order valence-electron chi connectivity index (χ1n) is 9.41. The lowest BCUT2D eigenvalue weighted by Gasteiger charge is -2.21. The predicted octanol–water partition coefficient (Wildman–Crippen LogP) is 2.38. The fourth-order valence-corrected chi connectivity index (χ4v) is 3.37. The molecule has 1 atom stereocenters. The summed E-state index contributed by atoms with van der Waals surface area (Å²) < 4.78 is 0. The molecule has 1 saturated carbocycles. The number of hydrogen-bond donors (Lipinski definition) is 5. The Balaban J connectivity index is 0.000000208. The van der Waals surface area contributed by atoms with E-state index in [1.165, 1.54) is 19.3 Å². The third-order valence-electron chi connectivity index (χ3n) is 4.89. The summed E-state index contributed by atoms with van der Waals surface area (Å²) in [5, 5.41) is 24.3. The van der Waals surface area contributed by atoms with E-state index in [1.807, 2.05) is 30.5 Å². The number of nitrogens with one attached hydrogen (secondary N) is 3. The van der Waals surface area contributed by atoms with Crippen molar-refractivity contribution in [3.63, 3.8) is 0 Å². The number of fused-ring (bicyclic) bond motifs is 1. The third-order valence-corrected chi connectivity index (χ3v) is 4.89. The summed E-state index contributed by atoms with van der Waals surface area (Å²) in [6.45, 7) is 0.116. The minimum Gasteiger partial charge on any atom is -0.480 e. The molecule has 1 fully saturated rings. The predicted molar refractivity (Wildman–Crippen MR) is 105 cm³/mol. The lowest BCUT2D eigenvalue weighted by atomic mass is 9.96. The van der Waals surface area contributed by atoms with Crippen molar-refractivity contribution >= 4 is 22.8 Å². The standard InChI is InChI=1S/C12H14N2O2.C8H15NO2/c1-13-11(12(15)16)6-8-7-14-10-5-3-2-4-9(8)10;10-8(11)6-9-7-4-2-1-3-5-7/h2-5,7,11,13-14H,6H2,1H3,(H,15,16);7,9H,1-6H2,(H,10,11)/t11-;/m0./s1. The summed E-state index contributed by atoms with van der Waals surface area (Å²) >= 11 is 0. The molecule has 0 amide bonds. The molecule has 1 aliphatic carbocycles. The van der Waals surface area contributed by atoms with Crippen molar-refractivity contribution in [3.8, 4) is 0 Å². The maximum absolute atomic E-state index is 10.9. The second-order valence-electron chi connectivity index (χ2n) is 6.85. The summed E-state index contributed by atoms with van der Waals surface area (Å²) in [5.41, 5.74) is 2.06. The first-order chi connectivity index (χ1) is 13.0. The number of hydrogen-bond acceptors (Lipinski definition) is 4. The van der Waals surface area contributed by atoms with Crippen molar-refractivity contribution < 1.29 is 19.8 Å². The maximum atomic E-state index is 10.9. The van der Waals surface area contributed by atoms with Gasteiger partial charge in [-0.25, -0.2) is 0 Å². The number of rotatable bonds is 7. The Morgan fingerprint density at radius 1 is 1.19 bits per heavy atom. The second kappa shape index (κ2) is 10.7. The van der Waals surface area contributed by atoms with Gasteiger partial charge in [0.15, 0.2) is 0 Å². The van der Waals surface area contributed by atoms with Gasteiger partial charge in [-0.2, -0.15) is 0 Å². The summed E-state index contributed by atoms with van der Waals surface area (Å²) in [6.07, 6.45) is 8.45. The molecular weight excluding hydrogens is 346 g/mol. The van der Waals surface area contributed by atoms with Gasteiger partial charge in [-0.05, 0) is 31.5 Å². The van der Waals surface area contributed by atoms with Crippen LogP contribution in [0.25, 0.3) is 10.9 Å².